The Labute approximate surface area is 121 Å². The Balaban J connectivity index is 1.83. The fourth-order valence-corrected chi connectivity index (χ4v) is 1.75. The Morgan fingerprint density at radius 1 is 0.750 bits per heavy atom. The van der Waals surface area contributed by atoms with E-state index in [1.165, 1.54) is 5.56 Å². The standard InChI is InChI=1S/C18H22O2/c1-15-9-11-17(12-10-15)20-14-18(2,3)13-19-16-7-5-4-6-8-16/h4-12H,13-14H2,1-3H3. The largest absolute Gasteiger partial charge is 0.493 e. The van der Waals surface area contributed by atoms with Crippen LogP contribution in [-0.4, -0.2) is 13.2 Å². The molecule has 0 aliphatic heterocycles. The van der Waals surface area contributed by atoms with Gasteiger partial charge in [0, 0.05) is 5.41 Å². The number of hydrogen-bond donors (Lipinski definition) is 0. The number of hydrogen-bond acceptors (Lipinski definition) is 2. The summed E-state index contributed by atoms with van der Waals surface area (Å²) < 4.78 is 11.6. The Hall–Kier alpha value is -1.96. The number of aryl methyl sites for hydroxylation is 1. The maximum Gasteiger partial charge on any atom is 0.119 e. The molecule has 0 aromatic heterocycles. The summed E-state index contributed by atoms with van der Waals surface area (Å²) in [5, 5.41) is 0. The van der Waals surface area contributed by atoms with E-state index in [0.717, 1.165) is 11.5 Å². The molecule has 0 saturated heterocycles. The highest BCUT2D eigenvalue weighted by Gasteiger charge is 2.20. The van der Waals surface area contributed by atoms with Crippen LogP contribution in [0.5, 0.6) is 11.5 Å². The molecule has 106 valence electrons. The normalized spacial score (nSPS) is 11.2. The predicted octanol–water partition coefficient (Wildman–Crippen LogP) is 4.48. The average molecular weight is 270 g/mol. The molecule has 0 aliphatic carbocycles. The van der Waals surface area contributed by atoms with E-state index in [2.05, 4.69) is 32.9 Å². The highest BCUT2D eigenvalue weighted by molar-refractivity contribution is 5.26. The lowest BCUT2D eigenvalue weighted by Crippen LogP contribution is -2.28. The molecule has 2 aromatic rings. The second-order valence-corrected chi connectivity index (χ2v) is 5.87. The molecule has 0 saturated carbocycles. The lowest BCUT2D eigenvalue weighted by Gasteiger charge is -2.25. The van der Waals surface area contributed by atoms with E-state index in [0.29, 0.717) is 13.2 Å². The third-order valence-corrected chi connectivity index (χ3v) is 3.02. The maximum atomic E-state index is 5.83. The molecule has 0 radical (unpaired) electrons. The van der Waals surface area contributed by atoms with Crippen LogP contribution >= 0.6 is 0 Å². The molecule has 0 fully saturated rings. The number of rotatable bonds is 6. The van der Waals surface area contributed by atoms with Crippen molar-refractivity contribution in [2.45, 2.75) is 20.8 Å². The highest BCUT2D eigenvalue weighted by atomic mass is 16.5. The zero-order chi connectivity index (χ0) is 14.4. The van der Waals surface area contributed by atoms with Crippen molar-refractivity contribution in [3.05, 3.63) is 60.2 Å². The minimum absolute atomic E-state index is 0.0409. The minimum atomic E-state index is -0.0409. The first-order valence-corrected chi connectivity index (χ1v) is 6.92. The Kier molecular flexibility index (Phi) is 4.67. The molecule has 0 bridgehead atoms. The molecule has 0 heterocycles. The summed E-state index contributed by atoms with van der Waals surface area (Å²) in [6.07, 6.45) is 0. The Morgan fingerprint density at radius 3 is 1.80 bits per heavy atom. The molecule has 0 amide bonds. The second-order valence-electron chi connectivity index (χ2n) is 5.87. The molecular formula is C18H22O2. The van der Waals surface area contributed by atoms with Gasteiger partial charge in [-0.05, 0) is 31.2 Å². The number of para-hydroxylation sites is 1. The van der Waals surface area contributed by atoms with Gasteiger partial charge in [-0.2, -0.15) is 0 Å². The van der Waals surface area contributed by atoms with E-state index >= 15 is 0 Å². The van der Waals surface area contributed by atoms with Gasteiger partial charge in [-0.3, -0.25) is 0 Å². The second kappa shape index (κ2) is 6.47. The van der Waals surface area contributed by atoms with E-state index in [1.54, 1.807) is 0 Å². The van der Waals surface area contributed by atoms with Crippen LogP contribution in [0.1, 0.15) is 19.4 Å². The van der Waals surface area contributed by atoms with Gasteiger partial charge >= 0.3 is 0 Å². The van der Waals surface area contributed by atoms with Crippen molar-refractivity contribution in [3.63, 3.8) is 0 Å². The third-order valence-electron chi connectivity index (χ3n) is 3.02. The van der Waals surface area contributed by atoms with Gasteiger partial charge in [0.1, 0.15) is 11.5 Å². The zero-order valence-electron chi connectivity index (χ0n) is 12.4. The van der Waals surface area contributed by atoms with Gasteiger partial charge < -0.3 is 9.47 Å². The molecule has 2 aromatic carbocycles. The molecule has 2 heteroatoms. The van der Waals surface area contributed by atoms with Crippen LogP contribution in [0.15, 0.2) is 54.6 Å². The van der Waals surface area contributed by atoms with Gasteiger partial charge in [0.2, 0.25) is 0 Å². The molecule has 0 unspecified atom stereocenters. The number of benzene rings is 2. The van der Waals surface area contributed by atoms with Gasteiger partial charge in [-0.15, -0.1) is 0 Å². The molecule has 0 N–H and O–H groups in total. The summed E-state index contributed by atoms with van der Waals surface area (Å²) in [5.74, 6) is 1.80. The van der Waals surface area contributed by atoms with Crippen molar-refractivity contribution in [3.8, 4) is 11.5 Å². The van der Waals surface area contributed by atoms with E-state index in [4.69, 9.17) is 9.47 Å². The first kappa shape index (κ1) is 14.4. The van der Waals surface area contributed by atoms with Crippen LogP contribution in [0.25, 0.3) is 0 Å². The first-order valence-electron chi connectivity index (χ1n) is 6.92. The van der Waals surface area contributed by atoms with Gasteiger partial charge in [0.25, 0.3) is 0 Å². The highest BCUT2D eigenvalue weighted by Crippen LogP contribution is 2.21. The van der Waals surface area contributed by atoms with Crippen molar-refractivity contribution in [1.29, 1.82) is 0 Å². The lowest BCUT2D eigenvalue weighted by atomic mass is 9.96. The molecule has 2 rings (SSSR count). The molecule has 0 aliphatic rings. The fourth-order valence-electron chi connectivity index (χ4n) is 1.75. The van der Waals surface area contributed by atoms with Gasteiger partial charge in [-0.1, -0.05) is 49.7 Å². The summed E-state index contributed by atoms with van der Waals surface area (Å²) in [4.78, 5) is 0. The van der Waals surface area contributed by atoms with Crippen LogP contribution < -0.4 is 9.47 Å². The summed E-state index contributed by atoms with van der Waals surface area (Å²) >= 11 is 0. The van der Waals surface area contributed by atoms with Crippen LogP contribution in [0.3, 0.4) is 0 Å². The van der Waals surface area contributed by atoms with E-state index in [1.807, 2.05) is 42.5 Å². The lowest BCUT2D eigenvalue weighted by molar-refractivity contribution is 0.110. The molecular weight excluding hydrogens is 248 g/mol. The number of ether oxygens (including phenoxy) is 2. The van der Waals surface area contributed by atoms with Gasteiger partial charge in [0.15, 0.2) is 0 Å². The SMILES string of the molecule is Cc1ccc(OCC(C)(C)COc2ccccc2)cc1. The third kappa shape index (κ3) is 4.61. The van der Waals surface area contributed by atoms with Crippen molar-refractivity contribution < 1.29 is 9.47 Å². The van der Waals surface area contributed by atoms with Crippen LogP contribution in [0.2, 0.25) is 0 Å². The monoisotopic (exact) mass is 270 g/mol. The average Bonchev–Trinajstić information content (AvgIpc) is 2.46. The summed E-state index contributed by atoms with van der Waals surface area (Å²) in [6, 6.07) is 18.0. The zero-order valence-corrected chi connectivity index (χ0v) is 12.4. The Bertz CT molecular complexity index is 515. The predicted molar refractivity (Wildman–Crippen MR) is 82.4 cm³/mol. The van der Waals surface area contributed by atoms with Gasteiger partial charge in [0.05, 0.1) is 13.2 Å². The first-order chi connectivity index (χ1) is 9.55. The van der Waals surface area contributed by atoms with Crippen LogP contribution in [0.4, 0.5) is 0 Å². The maximum absolute atomic E-state index is 5.83. The molecule has 0 atom stereocenters. The topological polar surface area (TPSA) is 18.5 Å². The van der Waals surface area contributed by atoms with Gasteiger partial charge in [-0.25, -0.2) is 0 Å². The van der Waals surface area contributed by atoms with Crippen molar-refractivity contribution in [2.24, 2.45) is 5.41 Å². The van der Waals surface area contributed by atoms with E-state index in [9.17, 15) is 0 Å². The quantitative estimate of drug-likeness (QED) is 0.770. The van der Waals surface area contributed by atoms with Crippen molar-refractivity contribution in [1.82, 2.24) is 0 Å². The van der Waals surface area contributed by atoms with E-state index in [-0.39, 0.29) is 5.41 Å². The molecule has 20 heavy (non-hydrogen) atoms. The van der Waals surface area contributed by atoms with Crippen LogP contribution in [0, 0.1) is 12.3 Å². The summed E-state index contributed by atoms with van der Waals surface area (Å²) in [6.45, 7) is 7.61. The van der Waals surface area contributed by atoms with Crippen LogP contribution in [-0.2, 0) is 0 Å². The minimum Gasteiger partial charge on any atom is -0.493 e. The van der Waals surface area contributed by atoms with Crippen molar-refractivity contribution in [2.75, 3.05) is 13.2 Å². The molecule has 0 spiro atoms. The Morgan fingerprint density at radius 2 is 1.25 bits per heavy atom. The van der Waals surface area contributed by atoms with Crippen molar-refractivity contribution >= 4 is 0 Å². The summed E-state index contributed by atoms with van der Waals surface area (Å²) in [5.41, 5.74) is 1.20. The van der Waals surface area contributed by atoms with E-state index < -0.39 is 0 Å². The molecule has 2 nitrogen and oxygen atoms in total. The summed E-state index contributed by atoms with van der Waals surface area (Å²) in [7, 11) is 0. The fraction of sp³-hybridized carbons (Fsp3) is 0.333. The smallest absolute Gasteiger partial charge is 0.119 e.